The van der Waals surface area contributed by atoms with Gasteiger partial charge in [-0.05, 0) is 60.5 Å². The summed E-state index contributed by atoms with van der Waals surface area (Å²) in [4.78, 5) is 21.4. The first-order chi connectivity index (χ1) is 19.3. The number of likely N-dealkylation sites (tertiary alicyclic amines) is 1. The van der Waals surface area contributed by atoms with Gasteiger partial charge in [0.25, 0.3) is 5.91 Å². The normalized spacial score (nSPS) is 18.4. The predicted molar refractivity (Wildman–Crippen MR) is 144 cm³/mol. The molecule has 5 rings (SSSR count). The van der Waals surface area contributed by atoms with Crippen LogP contribution in [0, 0.1) is 11.3 Å². The van der Waals surface area contributed by atoms with Gasteiger partial charge >= 0.3 is 6.18 Å². The molecule has 0 saturated carbocycles. The van der Waals surface area contributed by atoms with Crippen LogP contribution in [0.25, 0.3) is 0 Å². The molecule has 2 aliphatic rings. The largest absolute Gasteiger partial charge is 0.489 e. The van der Waals surface area contributed by atoms with Gasteiger partial charge in [0, 0.05) is 57.3 Å². The maximum absolute atomic E-state index is 12.8. The van der Waals surface area contributed by atoms with E-state index >= 15 is 0 Å². The molecule has 0 aliphatic carbocycles. The van der Waals surface area contributed by atoms with E-state index in [-0.39, 0.29) is 18.1 Å². The number of hydrogen-bond donors (Lipinski definition) is 1. The van der Waals surface area contributed by atoms with Crippen molar-refractivity contribution >= 4 is 11.6 Å². The first kappa shape index (κ1) is 27.5. The van der Waals surface area contributed by atoms with E-state index in [1.807, 2.05) is 24.3 Å². The standard InChI is InChI=1S/C30H30F3N5O2/c31-30(32,33)23-5-7-25(8-6-23)38-15-12-26(13-16-38)40-27-9-10-28(35-18-27)29(39)36-24-11-14-37(20-24)19-22-3-1-21(17-34)2-4-22/h1-10,18,24,26H,11-16,19-20H2,(H,36,39)/t24-/m0/s1. The molecule has 10 heteroatoms. The molecule has 2 aromatic carbocycles. The average molecular weight is 550 g/mol. The summed E-state index contributed by atoms with van der Waals surface area (Å²) in [6, 6.07) is 18.4. The van der Waals surface area contributed by atoms with Crippen molar-refractivity contribution in [3.63, 3.8) is 0 Å². The lowest BCUT2D eigenvalue weighted by molar-refractivity contribution is -0.137. The molecule has 0 bridgehead atoms. The number of nitrogens with zero attached hydrogens (tertiary/aromatic N) is 4. The number of alkyl halides is 3. The van der Waals surface area contributed by atoms with Crippen LogP contribution in [0.1, 0.15) is 46.4 Å². The minimum absolute atomic E-state index is 0.0345. The Morgan fingerprint density at radius 3 is 2.35 bits per heavy atom. The topological polar surface area (TPSA) is 81.5 Å². The molecule has 1 N–H and O–H groups in total. The zero-order valence-electron chi connectivity index (χ0n) is 21.9. The SMILES string of the molecule is N#Cc1ccc(CN2CC[C@H](NC(=O)c3ccc(OC4CCN(c5ccc(C(F)(F)F)cc5)CC4)cn3)C2)cc1. The van der Waals surface area contributed by atoms with Crippen LogP contribution in [-0.2, 0) is 12.7 Å². The van der Waals surface area contributed by atoms with Crippen molar-refractivity contribution < 1.29 is 22.7 Å². The third-order valence-electron chi connectivity index (χ3n) is 7.37. The molecular weight excluding hydrogens is 519 g/mol. The molecule has 3 aromatic rings. The zero-order chi connectivity index (χ0) is 28.1. The Hall–Kier alpha value is -4.10. The van der Waals surface area contributed by atoms with E-state index in [2.05, 4.69) is 26.2 Å². The fourth-order valence-corrected chi connectivity index (χ4v) is 5.17. The third-order valence-corrected chi connectivity index (χ3v) is 7.37. The van der Waals surface area contributed by atoms with Crippen molar-refractivity contribution in [2.24, 2.45) is 0 Å². The van der Waals surface area contributed by atoms with Crippen LogP contribution < -0.4 is 15.0 Å². The van der Waals surface area contributed by atoms with Crippen LogP contribution in [-0.4, -0.2) is 54.1 Å². The lowest BCUT2D eigenvalue weighted by Gasteiger charge is -2.33. The Morgan fingerprint density at radius 1 is 1.00 bits per heavy atom. The Labute approximate surface area is 231 Å². The van der Waals surface area contributed by atoms with E-state index in [0.29, 0.717) is 30.1 Å². The summed E-state index contributed by atoms with van der Waals surface area (Å²) in [5.74, 6) is 0.362. The van der Waals surface area contributed by atoms with Crippen LogP contribution in [0.3, 0.4) is 0 Å². The third kappa shape index (κ3) is 6.90. The number of nitriles is 1. The van der Waals surface area contributed by atoms with Crippen molar-refractivity contribution in [3.8, 4) is 11.8 Å². The maximum Gasteiger partial charge on any atom is 0.416 e. The monoisotopic (exact) mass is 549 g/mol. The van der Waals surface area contributed by atoms with Gasteiger partial charge in [0.2, 0.25) is 0 Å². The number of ether oxygens (including phenoxy) is 1. The van der Waals surface area contributed by atoms with Crippen LogP contribution in [0.2, 0.25) is 0 Å². The van der Waals surface area contributed by atoms with Gasteiger partial charge in [-0.25, -0.2) is 4.98 Å². The number of anilines is 1. The number of pyridine rings is 1. The van der Waals surface area contributed by atoms with E-state index in [1.165, 1.54) is 12.1 Å². The van der Waals surface area contributed by atoms with Crippen molar-refractivity contribution in [1.29, 1.82) is 5.26 Å². The molecule has 3 heterocycles. The Kier molecular flexibility index (Phi) is 8.21. The van der Waals surface area contributed by atoms with Crippen LogP contribution in [0.15, 0.2) is 66.9 Å². The predicted octanol–water partition coefficient (Wildman–Crippen LogP) is 5.02. The molecule has 2 aliphatic heterocycles. The van der Waals surface area contributed by atoms with Gasteiger partial charge in [0.15, 0.2) is 0 Å². The quantitative estimate of drug-likeness (QED) is 0.446. The molecule has 208 valence electrons. The van der Waals surface area contributed by atoms with E-state index in [9.17, 15) is 18.0 Å². The van der Waals surface area contributed by atoms with Gasteiger partial charge in [-0.15, -0.1) is 0 Å². The number of carbonyl (C=O) groups excluding carboxylic acids is 1. The second-order valence-corrected chi connectivity index (χ2v) is 10.2. The smallest absolute Gasteiger partial charge is 0.416 e. The molecule has 40 heavy (non-hydrogen) atoms. The van der Waals surface area contributed by atoms with Crippen molar-refractivity contribution in [1.82, 2.24) is 15.2 Å². The van der Waals surface area contributed by atoms with Gasteiger partial charge in [-0.2, -0.15) is 18.4 Å². The molecule has 1 aromatic heterocycles. The van der Waals surface area contributed by atoms with Crippen LogP contribution >= 0.6 is 0 Å². The van der Waals surface area contributed by atoms with E-state index in [1.54, 1.807) is 18.3 Å². The summed E-state index contributed by atoms with van der Waals surface area (Å²) in [6.07, 6.45) is -0.506. The van der Waals surface area contributed by atoms with Gasteiger partial charge in [0.1, 0.15) is 17.5 Å². The summed E-state index contributed by atoms with van der Waals surface area (Å²) in [6.45, 7) is 3.74. The van der Waals surface area contributed by atoms with E-state index in [4.69, 9.17) is 10.00 Å². The number of rotatable bonds is 7. The number of nitrogens with one attached hydrogen (secondary N) is 1. The number of halogens is 3. The highest BCUT2D eigenvalue weighted by Gasteiger charge is 2.30. The Morgan fingerprint density at radius 2 is 1.73 bits per heavy atom. The highest BCUT2D eigenvalue weighted by atomic mass is 19.4. The summed E-state index contributed by atoms with van der Waals surface area (Å²) in [7, 11) is 0. The minimum atomic E-state index is -4.34. The number of benzene rings is 2. The summed E-state index contributed by atoms with van der Waals surface area (Å²) >= 11 is 0. The van der Waals surface area contributed by atoms with Crippen molar-refractivity contribution in [3.05, 3.63) is 89.2 Å². The van der Waals surface area contributed by atoms with Crippen molar-refractivity contribution in [2.75, 3.05) is 31.1 Å². The fourth-order valence-electron chi connectivity index (χ4n) is 5.17. The van der Waals surface area contributed by atoms with Crippen LogP contribution in [0.4, 0.5) is 18.9 Å². The van der Waals surface area contributed by atoms with E-state index < -0.39 is 11.7 Å². The average Bonchev–Trinajstić information content (AvgIpc) is 3.40. The molecule has 1 atom stereocenters. The Bertz CT molecular complexity index is 1330. The van der Waals surface area contributed by atoms with Crippen LogP contribution in [0.5, 0.6) is 5.75 Å². The van der Waals surface area contributed by atoms with E-state index in [0.717, 1.165) is 62.3 Å². The number of hydrogen-bond acceptors (Lipinski definition) is 6. The van der Waals surface area contributed by atoms with Crippen molar-refractivity contribution in [2.45, 2.75) is 44.1 Å². The molecular formula is C30H30F3N5O2. The van der Waals surface area contributed by atoms with Gasteiger partial charge in [0.05, 0.1) is 23.4 Å². The Balaban J connectivity index is 1.05. The molecule has 2 saturated heterocycles. The van der Waals surface area contributed by atoms with Gasteiger partial charge in [-0.1, -0.05) is 12.1 Å². The molecule has 2 fully saturated rings. The molecule has 0 radical (unpaired) electrons. The molecule has 0 unspecified atom stereocenters. The lowest BCUT2D eigenvalue weighted by Crippen LogP contribution is -2.38. The molecule has 7 nitrogen and oxygen atoms in total. The second-order valence-electron chi connectivity index (χ2n) is 10.2. The first-order valence-corrected chi connectivity index (χ1v) is 13.3. The fraction of sp³-hybridized carbons (Fsp3) is 0.367. The molecule has 0 spiro atoms. The number of aromatic nitrogens is 1. The molecule has 1 amide bonds. The summed E-state index contributed by atoms with van der Waals surface area (Å²) < 4.78 is 44.5. The highest BCUT2D eigenvalue weighted by Crippen LogP contribution is 2.31. The number of carbonyl (C=O) groups is 1. The van der Waals surface area contributed by atoms with Gasteiger partial charge < -0.3 is 15.0 Å². The lowest BCUT2D eigenvalue weighted by atomic mass is 10.1. The summed E-state index contributed by atoms with van der Waals surface area (Å²) in [5.41, 5.74) is 2.22. The maximum atomic E-state index is 12.8. The minimum Gasteiger partial charge on any atom is -0.489 e. The number of amides is 1. The number of piperidine rings is 1. The highest BCUT2D eigenvalue weighted by molar-refractivity contribution is 5.92. The van der Waals surface area contributed by atoms with Gasteiger partial charge in [-0.3, -0.25) is 9.69 Å². The summed E-state index contributed by atoms with van der Waals surface area (Å²) in [5, 5.41) is 12.0. The second kappa shape index (κ2) is 12.0. The first-order valence-electron chi connectivity index (χ1n) is 13.3. The zero-order valence-corrected chi connectivity index (χ0v) is 21.9.